The molecule has 1 saturated heterocycles. The molecular weight excluding hydrogens is 441 g/mol. The van der Waals surface area contributed by atoms with Crippen LogP contribution in [0, 0.1) is 17.2 Å². The van der Waals surface area contributed by atoms with E-state index in [4.69, 9.17) is 15.0 Å². The minimum absolute atomic E-state index is 0.0118. The minimum atomic E-state index is -0.924. The number of amides is 2. The van der Waals surface area contributed by atoms with E-state index in [0.29, 0.717) is 31.0 Å². The summed E-state index contributed by atoms with van der Waals surface area (Å²) in [5.41, 5.74) is 6.99. The molecule has 8 nitrogen and oxygen atoms in total. The molecule has 1 spiro atoms. The molecule has 2 heterocycles. The zero-order valence-corrected chi connectivity index (χ0v) is 18.3. The second-order valence-corrected chi connectivity index (χ2v) is 9.06. The van der Waals surface area contributed by atoms with Crippen LogP contribution in [0.3, 0.4) is 0 Å². The summed E-state index contributed by atoms with van der Waals surface area (Å²) in [5.74, 6) is 0.260. The van der Waals surface area contributed by atoms with E-state index in [1.807, 2.05) is 24.3 Å². The smallest absolute Gasteiger partial charge is 0.407 e. The molecule has 2 amide bonds. The Labute approximate surface area is 195 Å². The van der Waals surface area contributed by atoms with Crippen LogP contribution >= 0.6 is 0 Å². The number of nitrogens with two attached hydrogens (primary N) is 1. The average molecular weight is 465 g/mol. The fraction of sp³-hybridized carbons (Fsp3) is 0.320. The lowest BCUT2D eigenvalue weighted by atomic mass is 9.56. The summed E-state index contributed by atoms with van der Waals surface area (Å²) in [6, 6.07) is 15.4. The Morgan fingerprint density at radius 2 is 1.85 bits per heavy atom. The summed E-state index contributed by atoms with van der Waals surface area (Å²) in [5, 5.41) is 13.2. The number of likely N-dealkylation sites (tertiary alicyclic amines) is 1. The van der Waals surface area contributed by atoms with Gasteiger partial charge in [-0.05, 0) is 48.2 Å². The predicted octanol–water partition coefficient (Wildman–Crippen LogP) is 3.96. The van der Waals surface area contributed by atoms with Gasteiger partial charge in [-0.15, -0.1) is 0 Å². The van der Waals surface area contributed by atoms with Crippen LogP contribution in [-0.4, -0.2) is 46.4 Å². The molecule has 2 fully saturated rings. The molecule has 1 aliphatic heterocycles. The quantitative estimate of drug-likeness (QED) is 0.569. The van der Waals surface area contributed by atoms with E-state index in [0.717, 1.165) is 24.0 Å². The maximum atomic E-state index is 13.2. The number of carbonyl (C=O) groups is 2. The van der Waals surface area contributed by atoms with Gasteiger partial charge in [0.1, 0.15) is 23.4 Å². The van der Waals surface area contributed by atoms with Crippen LogP contribution in [0.15, 0.2) is 59.1 Å². The first-order chi connectivity index (χ1) is 16.3. The fourth-order valence-corrected chi connectivity index (χ4v) is 5.21. The van der Waals surface area contributed by atoms with Crippen molar-refractivity contribution in [2.75, 3.05) is 13.1 Å². The van der Waals surface area contributed by atoms with Gasteiger partial charge >= 0.3 is 6.09 Å². The maximum Gasteiger partial charge on any atom is 0.407 e. The Morgan fingerprint density at radius 3 is 2.44 bits per heavy atom. The van der Waals surface area contributed by atoms with Gasteiger partial charge in [-0.25, -0.2) is 9.18 Å². The summed E-state index contributed by atoms with van der Waals surface area (Å²) in [4.78, 5) is 24.3. The van der Waals surface area contributed by atoms with Gasteiger partial charge in [0, 0.05) is 36.9 Å². The van der Waals surface area contributed by atoms with E-state index < -0.39 is 12.0 Å². The molecule has 34 heavy (non-hydrogen) atoms. The van der Waals surface area contributed by atoms with Gasteiger partial charge in [0.05, 0.1) is 0 Å². The highest BCUT2D eigenvalue weighted by molar-refractivity contribution is 5.90. The van der Waals surface area contributed by atoms with Crippen molar-refractivity contribution in [3.05, 3.63) is 71.9 Å². The first kappa shape index (κ1) is 21.9. The molecule has 2 aliphatic rings. The van der Waals surface area contributed by atoms with Crippen molar-refractivity contribution in [2.24, 2.45) is 17.1 Å². The maximum absolute atomic E-state index is 13.2. The molecule has 176 valence electrons. The average Bonchev–Trinajstić information content (AvgIpc) is 3.48. The third-order valence-corrected chi connectivity index (χ3v) is 7.05. The molecule has 9 heteroatoms. The van der Waals surface area contributed by atoms with E-state index >= 15 is 0 Å². The van der Waals surface area contributed by atoms with Crippen LogP contribution in [0.2, 0.25) is 0 Å². The van der Waals surface area contributed by atoms with Crippen molar-refractivity contribution in [2.45, 2.75) is 25.4 Å². The van der Waals surface area contributed by atoms with Crippen LogP contribution in [0.1, 0.15) is 29.1 Å². The predicted molar refractivity (Wildman–Crippen MR) is 120 cm³/mol. The molecule has 1 saturated carbocycles. The number of rotatable bonds is 6. The lowest BCUT2D eigenvalue weighted by Crippen LogP contribution is -2.56. The summed E-state index contributed by atoms with van der Waals surface area (Å²) in [7, 11) is 0. The second-order valence-electron chi connectivity index (χ2n) is 9.06. The Hall–Kier alpha value is -3.88. The number of benzene rings is 2. The van der Waals surface area contributed by atoms with E-state index in [-0.39, 0.29) is 28.9 Å². The zero-order chi connectivity index (χ0) is 23.9. The number of halogens is 1. The fourth-order valence-electron chi connectivity index (χ4n) is 5.21. The molecule has 1 aliphatic carbocycles. The number of carboxylic acid groups (broad SMARTS) is 1. The van der Waals surface area contributed by atoms with Crippen molar-refractivity contribution in [1.82, 2.24) is 10.1 Å². The Kier molecular flexibility index (Phi) is 5.47. The highest BCUT2D eigenvalue weighted by Crippen LogP contribution is 2.55. The first-order valence-corrected chi connectivity index (χ1v) is 11.1. The van der Waals surface area contributed by atoms with Crippen LogP contribution in [0.4, 0.5) is 9.18 Å². The number of carbonyl (C=O) groups excluding carboxylic acids is 1. The topological polar surface area (TPSA) is 119 Å². The first-order valence-electron chi connectivity index (χ1n) is 11.1. The van der Waals surface area contributed by atoms with Crippen molar-refractivity contribution in [3.8, 4) is 16.9 Å². The van der Waals surface area contributed by atoms with Crippen LogP contribution in [0.5, 0.6) is 5.75 Å². The van der Waals surface area contributed by atoms with Crippen LogP contribution in [0.25, 0.3) is 11.1 Å². The SMILES string of the molecule is NC(=O)c1cc(CC2C(Oc3ccc(-c4ccc(F)cc4)cc3)CC23CCN(C(=O)O)C3)on1. The molecule has 3 aromatic rings. The van der Waals surface area contributed by atoms with Crippen molar-refractivity contribution in [1.29, 1.82) is 0 Å². The number of aromatic nitrogens is 1. The van der Waals surface area contributed by atoms with Gasteiger partial charge in [0.25, 0.3) is 5.91 Å². The molecule has 3 N–H and O–H groups in total. The van der Waals surface area contributed by atoms with E-state index in [9.17, 15) is 19.1 Å². The molecule has 3 atom stereocenters. The lowest BCUT2D eigenvalue weighted by Gasteiger charge is -2.52. The zero-order valence-electron chi connectivity index (χ0n) is 18.3. The van der Waals surface area contributed by atoms with Gasteiger partial charge < -0.3 is 25.0 Å². The minimum Gasteiger partial charge on any atom is -0.490 e. The Balaban J connectivity index is 1.33. The van der Waals surface area contributed by atoms with Gasteiger partial charge in [-0.1, -0.05) is 29.4 Å². The normalized spacial score (nSPS) is 23.6. The lowest BCUT2D eigenvalue weighted by molar-refractivity contribution is -0.0871. The Morgan fingerprint density at radius 1 is 1.18 bits per heavy atom. The van der Waals surface area contributed by atoms with Crippen molar-refractivity contribution in [3.63, 3.8) is 0 Å². The molecule has 2 aromatic carbocycles. The van der Waals surface area contributed by atoms with Crippen LogP contribution in [-0.2, 0) is 6.42 Å². The number of nitrogens with zero attached hydrogens (tertiary/aromatic N) is 2. The van der Waals surface area contributed by atoms with E-state index in [1.165, 1.54) is 23.1 Å². The number of ether oxygens (including phenoxy) is 1. The molecular formula is C25H24FN3O5. The van der Waals surface area contributed by atoms with Gasteiger partial charge in [-0.2, -0.15) is 0 Å². The standard InChI is InChI=1S/C25H24FN3O5/c26-17-5-1-15(2-6-17)16-3-7-18(8-4-16)33-22-13-25(9-10-29(14-25)24(31)32)20(22)11-19-12-21(23(27)30)28-34-19/h1-8,12,20,22H,9-11,13-14H2,(H2,27,30)(H,31,32). The number of primary amides is 1. The third-order valence-electron chi connectivity index (χ3n) is 7.05. The van der Waals surface area contributed by atoms with Gasteiger partial charge in [-0.3, -0.25) is 4.79 Å². The van der Waals surface area contributed by atoms with E-state index in [1.54, 1.807) is 12.1 Å². The summed E-state index contributed by atoms with van der Waals surface area (Å²) >= 11 is 0. The third kappa shape index (κ3) is 4.09. The van der Waals surface area contributed by atoms with Crippen molar-refractivity contribution < 1.29 is 28.3 Å². The Bertz CT molecular complexity index is 1210. The summed E-state index contributed by atoms with van der Waals surface area (Å²) in [6.07, 6.45) is 0.855. The molecule has 3 unspecified atom stereocenters. The summed E-state index contributed by atoms with van der Waals surface area (Å²) in [6.45, 7) is 0.918. The number of hydrogen-bond acceptors (Lipinski definition) is 5. The van der Waals surface area contributed by atoms with E-state index in [2.05, 4.69) is 5.16 Å². The van der Waals surface area contributed by atoms with Crippen molar-refractivity contribution >= 4 is 12.0 Å². The van der Waals surface area contributed by atoms with Crippen LogP contribution < -0.4 is 10.5 Å². The molecule has 0 bridgehead atoms. The monoisotopic (exact) mass is 465 g/mol. The molecule has 0 radical (unpaired) electrons. The second kappa shape index (κ2) is 8.48. The molecule has 5 rings (SSSR count). The largest absolute Gasteiger partial charge is 0.490 e. The van der Waals surface area contributed by atoms with Gasteiger partial charge in [0.2, 0.25) is 0 Å². The molecule has 1 aromatic heterocycles. The summed E-state index contributed by atoms with van der Waals surface area (Å²) < 4.78 is 24.8. The highest BCUT2D eigenvalue weighted by atomic mass is 19.1. The van der Waals surface area contributed by atoms with Gasteiger partial charge in [0.15, 0.2) is 5.69 Å². The number of hydrogen-bond donors (Lipinski definition) is 2. The highest BCUT2D eigenvalue weighted by Gasteiger charge is 2.58.